The van der Waals surface area contributed by atoms with Crippen LogP contribution in [0.3, 0.4) is 0 Å². The van der Waals surface area contributed by atoms with E-state index < -0.39 is 0 Å². The van der Waals surface area contributed by atoms with E-state index in [1.54, 1.807) is 11.3 Å². The second-order valence-electron chi connectivity index (χ2n) is 5.38. The van der Waals surface area contributed by atoms with Gasteiger partial charge >= 0.3 is 0 Å². The minimum Gasteiger partial charge on any atom is -0.330 e. The number of hydrogen-bond donors (Lipinski definition) is 1. The Balaban J connectivity index is 2.00. The number of halogens is 1. The highest BCUT2D eigenvalue weighted by molar-refractivity contribution is 7.16. The number of fused-ring (bicyclic) bond motifs is 1. The quantitative estimate of drug-likeness (QED) is 0.902. The maximum Gasteiger partial charge on any atom is 0.0931 e. The van der Waals surface area contributed by atoms with Gasteiger partial charge in [-0.3, -0.25) is 0 Å². The maximum absolute atomic E-state index is 6.18. The van der Waals surface area contributed by atoms with Crippen LogP contribution in [0, 0.1) is 0 Å². The molecule has 2 N–H and O–H groups in total. The van der Waals surface area contributed by atoms with Crippen LogP contribution in [0.15, 0.2) is 36.4 Å². The first-order valence-electron chi connectivity index (χ1n) is 6.76. The summed E-state index contributed by atoms with van der Waals surface area (Å²) in [5, 5.41) is 0. The van der Waals surface area contributed by atoms with E-state index in [0.29, 0.717) is 6.54 Å². The predicted molar refractivity (Wildman–Crippen MR) is 83.1 cm³/mol. The first-order valence-corrected chi connectivity index (χ1v) is 7.96. The molecule has 0 aliphatic heterocycles. The van der Waals surface area contributed by atoms with Crippen molar-refractivity contribution in [2.75, 3.05) is 6.54 Å². The molecule has 0 saturated carbocycles. The van der Waals surface area contributed by atoms with Gasteiger partial charge in [-0.05, 0) is 48.9 Å². The molecule has 0 spiro atoms. The van der Waals surface area contributed by atoms with E-state index in [-0.39, 0.29) is 5.41 Å². The van der Waals surface area contributed by atoms with Gasteiger partial charge in [0.15, 0.2) is 0 Å². The van der Waals surface area contributed by atoms with E-state index in [1.165, 1.54) is 35.3 Å². The van der Waals surface area contributed by atoms with Gasteiger partial charge in [0.25, 0.3) is 0 Å². The topological polar surface area (TPSA) is 26.0 Å². The molecule has 0 fully saturated rings. The van der Waals surface area contributed by atoms with E-state index in [4.69, 9.17) is 17.3 Å². The maximum atomic E-state index is 6.18. The van der Waals surface area contributed by atoms with Gasteiger partial charge in [-0.2, -0.15) is 0 Å². The van der Waals surface area contributed by atoms with E-state index in [9.17, 15) is 0 Å². The van der Waals surface area contributed by atoms with Crippen LogP contribution in [0.1, 0.15) is 28.8 Å². The molecule has 19 heavy (non-hydrogen) atoms. The number of nitrogens with two attached hydrogens (primary N) is 1. The summed E-state index contributed by atoms with van der Waals surface area (Å²) in [6.45, 7) is 0.708. The van der Waals surface area contributed by atoms with E-state index in [0.717, 1.165) is 10.8 Å². The second kappa shape index (κ2) is 5.28. The van der Waals surface area contributed by atoms with Crippen LogP contribution in [0.5, 0.6) is 0 Å². The van der Waals surface area contributed by atoms with Crippen molar-refractivity contribution in [1.82, 2.24) is 0 Å². The van der Waals surface area contributed by atoms with Crippen LogP contribution in [0.25, 0.3) is 0 Å². The molecule has 1 aliphatic carbocycles. The third kappa shape index (κ3) is 2.45. The van der Waals surface area contributed by atoms with Crippen molar-refractivity contribution in [3.05, 3.63) is 56.7 Å². The summed E-state index contributed by atoms with van der Waals surface area (Å²) < 4.78 is 0.867. The lowest BCUT2D eigenvalue weighted by atomic mass is 9.68. The lowest BCUT2D eigenvalue weighted by molar-refractivity contribution is 0.368. The van der Waals surface area contributed by atoms with Crippen molar-refractivity contribution >= 4 is 22.9 Å². The summed E-state index contributed by atoms with van der Waals surface area (Å²) in [6.07, 6.45) is 4.60. The summed E-state index contributed by atoms with van der Waals surface area (Å²) in [6, 6.07) is 12.9. The van der Waals surface area contributed by atoms with Crippen LogP contribution in [-0.2, 0) is 18.3 Å². The lowest BCUT2D eigenvalue weighted by Gasteiger charge is -2.38. The summed E-state index contributed by atoms with van der Waals surface area (Å²) >= 11 is 7.73. The molecule has 1 aliphatic rings. The highest BCUT2D eigenvalue weighted by atomic mass is 35.5. The minimum atomic E-state index is 0.100. The zero-order valence-electron chi connectivity index (χ0n) is 10.9. The zero-order valence-corrected chi connectivity index (χ0v) is 12.4. The minimum absolute atomic E-state index is 0.100. The Bertz CT molecular complexity index is 578. The summed E-state index contributed by atoms with van der Waals surface area (Å²) in [5.74, 6) is 0. The van der Waals surface area contributed by atoms with Gasteiger partial charge in [-0.15, -0.1) is 11.3 Å². The fraction of sp³-hybridized carbons (Fsp3) is 0.375. The van der Waals surface area contributed by atoms with Crippen molar-refractivity contribution in [2.24, 2.45) is 5.73 Å². The van der Waals surface area contributed by atoms with Gasteiger partial charge < -0.3 is 5.73 Å². The van der Waals surface area contributed by atoms with Gasteiger partial charge in [0, 0.05) is 16.8 Å². The number of thiophene rings is 1. The Labute approximate surface area is 123 Å². The Morgan fingerprint density at radius 3 is 2.79 bits per heavy atom. The van der Waals surface area contributed by atoms with Gasteiger partial charge in [0.2, 0.25) is 0 Å². The molecule has 1 heterocycles. The fourth-order valence-corrected chi connectivity index (χ4v) is 4.49. The van der Waals surface area contributed by atoms with Crippen LogP contribution >= 0.6 is 22.9 Å². The molecule has 2 aromatic rings. The SMILES string of the molecule is NCC1(Cc2ccc(Cl)s2)CCCc2ccccc21. The lowest BCUT2D eigenvalue weighted by Crippen LogP contribution is -2.40. The molecule has 3 rings (SSSR count). The van der Waals surface area contributed by atoms with Gasteiger partial charge in [0.1, 0.15) is 0 Å². The molecule has 100 valence electrons. The molecular weight excluding hydrogens is 274 g/mol. The first kappa shape index (κ1) is 13.2. The highest BCUT2D eigenvalue weighted by Gasteiger charge is 2.35. The average molecular weight is 292 g/mol. The Hall–Kier alpha value is -0.830. The highest BCUT2D eigenvalue weighted by Crippen LogP contribution is 2.40. The molecule has 1 atom stereocenters. The van der Waals surface area contributed by atoms with Gasteiger partial charge in [0.05, 0.1) is 4.34 Å². The van der Waals surface area contributed by atoms with Crippen LogP contribution in [0.2, 0.25) is 4.34 Å². The molecule has 1 aromatic heterocycles. The third-order valence-electron chi connectivity index (χ3n) is 4.22. The number of aryl methyl sites for hydroxylation is 1. The number of hydrogen-bond acceptors (Lipinski definition) is 2. The molecule has 0 bridgehead atoms. The summed E-state index contributed by atoms with van der Waals surface area (Å²) in [4.78, 5) is 1.34. The van der Waals surface area contributed by atoms with E-state index >= 15 is 0 Å². The van der Waals surface area contributed by atoms with E-state index in [2.05, 4.69) is 30.3 Å². The van der Waals surface area contributed by atoms with Crippen molar-refractivity contribution in [1.29, 1.82) is 0 Å². The first-order chi connectivity index (χ1) is 9.23. The van der Waals surface area contributed by atoms with Crippen LogP contribution < -0.4 is 5.73 Å². The van der Waals surface area contributed by atoms with Crippen molar-refractivity contribution < 1.29 is 0 Å². The number of rotatable bonds is 3. The molecule has 1 nitrogen and oxygen atoms in total. The Kier molecular flexibility index (Phi) is 3.66. The van der Waals surface area contributed by atoms with Crippen molar-refractivity contribution in [2.45, 2.75) is 31.1 Å². The van der Waals surface area contributed by atoms with Crippen molar-refractivity contribution in [3.63, 3.8) is 0 Å². The smallest absolute Gasteiger partial charge is 0.0931 e. The van der Waals surface area contributed by atoms with Crippen molar-refractivity contribution in [3.8, 4) is 0 Å². The average Bonchev–Trinajstić information content (AvgIpc) is 2.84. The van der Waals surface area contributed by atoms with Gasteiger partial charge in [-0.25, -0.2) is 0 Å². The molecule has 1 unspecified atom stereocenters. The van der Waals surface area contributed by atoms with E-state index in [1.807, 2.05) is 6.07 Å². The molecule has 3 heteroatoms. The largest absolute Gasteiger partial charge is 0.330 e. The fourth-order valence-electron chi connectivity index (χ4n) is 3.26. The standard InChI is InChI=1S/C16H18ClNS/c17-15-8-7-13(19-15)10-16(11-18)9-3-5-12-4-1-2-6-14(12)16/h1-2,4,6-8H,3,5,9-11,18H2. The molecule has 0 radical (unpaired) electrons. The van der Waals surface area contributed by atoms with Crippen LogP contribution in [0.4, 0.5) is 0 Å². The molecular formula is C16H18ClNS. The second-order valence-corrected chi connectivity index (χ2v) is 7.18. The Morgan fingerprint density at radius 1 is 1.21 bits per heavy atom. The summed E-state index contributed by atoms with van der Waals surface area (Å²) in [5.41, 5.74) is 9.21. The third-order valence-corrected chi connectivity index (χ3v) is 5.45. The molecule has 1 aromatic carbocycles. The molecule has 0 saturated heterocycles. The normalized spacial score (nSPS) is 22.2. The predicted octanol–water partition coefficient (Wildman–Crippen LogP) is 4.18. The van der Waals surface area contributed by atoms with Crippen LogP contribution in [-0.4, -0.2) is 6.54 Å². The van der Waals surface area contributed by atoms with Gasteiger partial charge in [-0.1, -0.05) is 35.9 Å². The Morgan fingerprint density at radius 2 is 2.05 bits per heavy atom. The summed E-state index contributed by atoms with van der Waals surface area (Å²) in [7, 11) is 0. The number of benzene rings is 1. The monoisotopic (exact) mass is 291 g/mol. The molecule has 0 amide bonds. The zero-order chi connectivity index (χ0) is 13.3.